The van der Waals surface area contributed by atoms with E-state index in [-0.39, 0.29) is 23.9 Å². The Hall–Kier alpha value is -1.85. The third-order valence-corrected chi connectivity index (χ3v) is 7.57. The van der Waals surface area contributed by atoms with Crippen LogP contribution in [0.5, 0.6) is 0 Å². The second-order valence-corrected chi connectivity index (χ2v) is 10.2. The second-order valence-electron chi connectivity index (χ2n) is 8.25. The molecule has 1 N–H and O–H groups in total. The Bertz CT molecular complexity index is 872. The number of carbonyl (C=O) groups excluding carboxylic acids is 2. The molecule has 10 heteroatoms. The topological polar surface area (TPSA) is 99.3 Å². The largest absolute Gasteiger partial charge is 0.373 e. The summed E-state index contributed by atoms with van der Waals surface area (Å²) in [4.78, 5) is 25.7. The second kappa shape index (κ2) is 10.2. The molecular weight excluding hydrogens is 420 g/mol. The van der Waals surface area contributed by atoms with Gasteiger partial charge < -0.3 is 15.0 Å². The van der Waals surface area contributed by atoms with Gasteiger partial charge in [0.2, 0.25) is 5.91 Å². The lowest BCUT2D eigenvalue weighted by atomic mass is 10.1. The Labute approximate surface area is 184 Å². The number of hydrogen-bond acceptors (Lipinski definition) is 6. The summed E-state index contributed by atoms with van der Waals surface area (Å²) in [7, 11) is -3.50. The minimum atomic E-state index is -3.50. The minimum Gasteiger partial charge on any atom is -0.373 e. The maximum absolute atomic E-state index is 13.0. The van der Waals surface area contributed by atoms with Gasteiger partial charge in [0.15, 0.2) is 5.78 Å². The van der Waals surface area contributed by atoms with Gasteiger partial charge in [-0.15, -0.1) is 0 Å². The lowest BCUT2D eigenvalue weighted by molar-refractivity contribution is -0.116. The van der Waals surface area contributed by atoms with Gasteiger partial charge in [0.05, 0.1) is 12.2 Å². The van der Waals surface area contributed by atoms with Crippen LogP contribution in [0.15, 0.2) is 24.3 Å². The molecule has 2 atom stereocenters. The first kappa shape index (κ1) is 23.8. The molecule has 2 aliphatic rings. The number of morpholine rings is 1. The quantitative estimate of drug-likeness (QED) is 0.624. The van der Waals surface area contributed by atoms with Crippen LogP contribution in [-0.2, 0) is 19.7 Å². The summed E-state index contributed by atoms with van der Waals surface area (Å²) in [5, 5.41) is 2.83. The molecule has 172 valence electrons. The molecule has 0 bridgehead atoms. The van der Waals surface area contributed by atoms with Gasteiger partial charge in [-0.25, -0.2) is 0 Å². The smallest absolute Gasteiger partial charge is 0.282 e. The molecule has 2 saturated heterocycles. The van der Waals surface area contributed by atoms with E-state index in [1.807, 2.05) is 13.8 Å². The van der Waals surface area contributed by atoms with Crippen LogP contribution < -0.4 is 5.32 Å². The molecule has 0 aromatic heterocycles. The predicted molar refractivity (Wildman–Crippen MR) is 118 cm³/mol. The van der Waals surface area contributed by atoms with E-state index in [1.54, 1.807) is 24.3 Å². The van der Waals surface area contributed by atoms with Crippen molar-refractivity contribution in [2.24, 2.45) is 0 Å². The third kappa shape index (κ3) is 6.33. The molecule has 3 rings (SSSR count). The van der Waals surface area contributed by atoms with Crippen LogP contribution in [0, 0.1) is 0 Å². The van der Waals surface area contributed by atoms with Crippen molar-refractivity contribution in [1.29, 1.82) is 0 Å². The van der Waals surface area contributed by atoms with Gasteiger partial charge in [0.1, 0.15) is 0 Å². The standard InChI is InChI=1S/C21H32N4O5S/c1-16-14-25(15-17(2)30-16)31(28,29)24-12-10-23(11-13-24)9-8-21(27)22-20-6-4-19(5-7-20)18(3)26/h4-7,16-17H,8-15H2,1-3H3,(H,22,27). The van der Waals surface area contributed by atoms with E-state index in [2.05, 4.69) is 10.2 Å². The summed E-state index contributed by atoms with van der Waals surface area (Å²) >= 11 is 0. The Morgan fingerprint density at radius 3 is 2.13 bits per heavy atom. The first-order chi connectivity index (χ1) is 14.6. The average Bonchev–Trinajstić information content (AvgIpc) is 2.72. The Morgan fingerprint density at radius 1 is 1.00 bits per heavy atom. The van der Waals surface area contributed by atoms with Crippen molar-refractivity contribution in [2.45, 2.75) is 39.4 Å². The zero-order valence-electron chi connectivity index (χ0n) is 18.4. The highest BCUT2D eigenvalue weighted by molar-refractivity contribution is 7.86. The normalized spacial score (nSPS) is 24.1. The van der Waals surface area contributed by atoms with E-state index in [4.69, 9.17) is 4.74 Å². The van der Waals surface area contributed by atoms with E-state index in [0.29, 0.717) is 63.5 Å². The van der Waals surface area contributed by atoms with Gasteiger partial charge in [-0.05, 0) is 45.0 Å². The minimum absolute atomic E-state index is 0.0170. The van der Waals surface area contributed by atoms with Crippen molar-refractivity contribution >= 4 is 27.6 Å². The van der Waals surface area contributed by atoms with Gasteiger partial charge >= 0.3 is 0 Å². The van der Waals surface area contributed by atoms with Gasteiger partial charge in [0.25, 0.3) is 10.2 Å². The van der Waals surface area contributed by atoms with Crippen molar-refractivity contribution in [3.05, 3.63) is 29.8 Å². The van der Waals surface area contributed by atoms with Crippen LogP contribution in [0.4, 0.5) is 5.69 Å². The van der Waals surface area contributed by atoms with E-state index >= 15 is 0 Å². The van der Waals surface area contributed by atoms with Crippen LogP contribution in [0.2, 0.25) is 0 Å². The number of Topliss-reactive ketones (excluding diaryl/α,β-unsaturated/α-hetero) is 1. The summed E-state index contributed by atoms with van der Waals surface area (Å²) in [6.45, 7) is 8.60. The Balaban J connectivity index is 1.43. The number of carbonyl (C=O) groups is 2. The van der Waals surface area contributed by atoms with Crippen molar-refractivity contribution in [3.8, 4) is 0 Å². The molecule has 2 fully saturated rings. The SMILES string of the molecule is CC(=O)c1ccc(NC(=O)CCN2CCN(S(=O)(=O)N3CC(C)OC(C)C3)CC2)cc1. The van der Waals surface area contributed by atoms with Gasteiger partial charge in [0, 0.05) is 63.5 Å². The van der Waals surface area contributed by atoms with E-state index < -0.39 is 10.2 Å². The average molecular weight is 453 g/mol. The number of benzene rings is 1. The molecular formula is C21H32N4O5S. The molecule has 1 aromatic rings. The van der Waals surface area contributed by atoms with Crippen LogP contribution in [-0.4, -0.2) is 91.6 Å². The fourth-order valence-electron chi connectivity index (χ4n) is 3.94. The Kier molecular flexibility index (Phi) is 7.82. The first-order valence-electron chi connectivity index (χ1n) is 10.7. The van der Waals surface area contributed by atoms with Crippen molar-refractivity contribution in [2.75, 3.05) is 51.1 Å². The van der Waals surface area contributed by atoms with Crippen LogP contribution in [0.3, 0.4) is 0 Å². The van der Waals surface area contributed by atoms with Crippen molar-refractivity contribution in [3.63, 3.8) is 0 Å². The summed E-state index contributed by atoms with van der Waals surface area (Å²) < 4.78 is 34.6. The summed E-state index contributed by atoms with van der Waals surface area (Å²) in [6, 6.07) is 6.80. The van der Waals surface area contributed by atoms with Crippen LogP contribution in [0.25, 0.3) is 0 Å². The fraction of sp³-hybridized carbons (Fsp3) is 0.619. The third-order valence-electron chi connectivity index (χ3n) is 5.60. The molecule has 0 aliphatic carbocycles. The zero-order valence-corrected chi connectivity index (χ0v) is 19.2. The summed E-state index contributed by atoms with van der Waals surface area (Å²) in [6.07, 6.45) is 0.0914. The molecule has 9 nitrogen and oxygen atoms in total. The molecule has 2 unspecified atom stereocenters. The first-order valence-corrected chi connectivity index (χ1v) is 12.1. The number of anilines is 1. The molecule has 1 aromatic carbocycles. The molecule has 0 spiro atoms. The highest BCUT2D eigenvalue weighted by atomic mass is 32.2. The van der Waals surface area contributed by atoms with E-state index in [0.717, 1.165) is 0 Å². The molecule has 0 saturated carbocycles. The number of nitrogens with zero attached hydrogens (tertiary/aromatic N) is 3. The fourth-order valence-corrected chi connectivity index (χ4v) is 5.69. The predicted octanol–water partition coefficient (Wildman–Crippen LogP) is 1.19. The van der Waals surface area contributed by atoms with E-state index in [1.165, 1.54) is 15.5 Å². The van der Waals surface area contributed by atoms with Gasteiger partial charge in [-0.2, -0.15) is 17.0 Å². The number of rotatable bonds is 7. The lowest BCUT2D eigenvalue weighted by Crippen LogP contribution is -2.57. The lowest BCUT2D eigenvalue weighted by Gasteiger charge is -2.40. The van der Waals surface area contributed by atoms with Crippen LogP contribution >= 0.6 is 0 Å². The van der Waals surface area contributed by atoms with Gasteiger partial charge in [-0.3, -0.25) is 9.59 Å². The number of amides is 1. The summed E-state index contributed by atoms with van der Waals surface area (Å²) in [5.41, 5.74) is 1.26. The van der Waals surface area contributed by atoms with Crippen molar-refractivity contribution < 1.29 is 22.7 Å². The molecule has 31 heavy (non-hydrogen) atoms. The number of ether oxygens (including phenoxy) is 1. The Morgan fingerprint density at radius 2 is 1.58 bits per heavy atom. The van der Waals surface area contributed by atoms with Crippen molar-refractivity contribution in [1.82, 2.24) is 13.5 Å². The number of piperazine rings is 1. The summed E-state index contributed by atoms with van der Waals surface area (Å²) in [5.74, 6) is -0.126. The monoisotopic (exact) mass is 452 g/mol. The number of ketones is 1. The maximum atomic E-state index is 13.0. The molecule has 2 heterocycles. The maximum Gasteiger partial charge on any atom is 0.282 e. The number of hydrogen-bond donors (Lipinski definition) is 1. The van der Waals surface area contributed by atoms with Crippen LogP contribution in [0.1, 0.15) is 37.6 Å². The highest BCUT2D eigenvalue weighted by Gasteiger charge is 2.36. The molecule has 2 aliphatic heterocycles. The highest BCUT2D eigenvalue weighted by Crippen LogP contribution is 2.19. The van der Waals surface area contributed by atoms with E-state index in [9.17, 15) is 18.0 Å². The zero-order chi connectivity index (χ0) is 22.6. The molecule has 1 amide bonds. The number of nitrogens with one attached hydrogen (secondary N) is 1. The molecule has 0 radical (unpaired) electrons. The van der Waals surface area contributed by atoms with Gasteiger partial charge in [-0.1, -0.05) is 0 Å².